The van der Waals surface area contributed by atoms with Crippen LogP contribution in [0.4, 0.5) is 0 Å². The maximum atomic E-state index is 12.2. The predicted molar refractivity (Wildman–Crippen MR) is 62.0 cm³/mol. The van der Waals surface area contributed by atoms with Gasteiger partial charge in [-0.25, -0.2) is 0 Å². The summed E-state index contributed by atoms with van der Waals surface area (Å²) in [5, 5.41) is 24.7. The molecule has 0 atom stereocenters. The molecule has 0 bridgehead atoms. The van der Waals surface area contributed by atoms with Gasteiger partial charge in [-0.05, 0) is 0 Å². The molecular formula is C11H17N3O4. The van der Waals surface area contributed by atoms with Gasteiger partial charge in [-0.1, -0.05) is 0 Å². The van der Waals surface area contributed by atoms with Crippen LogP contribution in [0.15, 0.2) is 0 Å². The first kappa shape index (κ1) is 13.0. The molecule has 1 aromatic heterocycles. The molecule has 2 rings (SSSR count). The number of nitrogens with one attached hydrogen (secondary N) is 1. The van der Waals surface area contributed by atoms with Gasteiger partial charge in [0.05, 0.1) is 26.4 Å². The molecule has 0 fully saturated rings. The summed E-state index contributed by atoms with van der Waals surface area (Å²) < 4.78 is 5.32. The molecular weight excluding hydrogens is 238 g/mol. The first-order valence-corrected chi connectivity index (χ1v) is 5.92. The van der Waals surface area contributed by atoms with Crippen LogP contribution < -0.4 is 0 Å². The van der Waals surface area contributed by atoms with Crippen LogP contribution in [0, 0.1) is 0 Å². The van der Waals surface area contributed by atoms with Crippen molar-refractivity contribution in [3.63, 3.8) is 0 Å². The lowest BCUT2D eigenvalue weighted by Crippen LogP contribution is -2.36. The van der Waals surface area contributed by atoms with Gasteiger partial charge in [0.15, 0.2) is 5.69 Å². The smallest absolute Gasteiger partial charge is 0.274 e. The number of aliphatic hydroxyl groups excluding tert-OH is 2. The van der Waals surface area contributed by atoms with Gasteiger partial charge in [0, 0.05) is 30.8 Å². The average Bonchev–Trinajstić information content (AvgIpc) is 2.81. The molecule has 1 aliphatic heterocycles. The van der Waals surface area contributed by atoms with Crippen LogP contribution in [0.5, 0.6) is 0 Å². The highest BCUT2D eigenvalue weighted by Crippen LogP contribution is 2.19. The monoisotopic (exact) mass is 255 g/mol. The number of rotatable bonds is 5. The molecule has 0 aromatic carbocycles. The quantitative estimate of drug-likeness (QED) is 0.621. The normalized spacial score (nSPS) is 14.3. The molecule has 2 heterocycles. The van der Waals surface area contributed by atoms with E-state index >= 15 is 0 Å². The highest BCUT2D eigenvalue weighted by Gasteiger charge is 2.25. The number of ether oxygens (including phenoxy) is 1. The van der Waals surface area contributed by atoms with Gasteiger partial charge in [0.1, 0.15) is 0 Å². The van der Waals surface area contributed by atoms with Gasteiger partial charge in [-0.2, -0.15) is 5.10 Å². The molecule has 1 aromatic rings. The third-order valence-electron chi connectivity index (χ3n) is 2.93. The standard InChI is InChI=1S/C11H17N3O4/c15-4-2-14(3-5-16)11(17)10-8-7-18-6-1-9(8)12-13-10/h15-16H,1-7H2,(H,12,13). The third kappa shape index (κ3) is 2.53. The number of aliphatic hydroxyl groups is 2. The molecule has 1 aliphatic rings. The van der Waals surface area contributed by atoms with Crippen molar-refractivity contribution in [2.24, 2.45) is 0 Å². The lowest BCUT2D eigenvalue weighted by molar-refractivity contribution is 0.0667. The fourth-order valence-electron chi connectivity index (χ4n) is 1.99. The number of fused-ring (bicyclic) bond motifs is 1. The Kier molecular flexibility index (Phi) is 4.29. The zero-order valence-corrected chi connectivity index (χ0v) is 10.1. The van der Waals surface area contributed by atoms with Crippen molar-refractivity contribution in [2.75, 3.05) is 32.9 Å². The largest absolute Gasteiger partial charge is 0.395 e. The number of H-pyrrole nitrogens is 1. The van der Waals surface area contributed by atoms with E-state index in [2.05, 4.69) is 10.2 Å². The van der Waals surface area contributed by atoms with Crippen molar-refractivity contribution in [3.8, 4) is 0 Å². The summed E-state index contributed by atoms with van der Waals surface area (Å²) >= 11 is 0. The number of nitrogens with zero attached hydrogens (tertiary/aromatic N) is 2. The maximum absolute atomic E-state index is 12.2. The van der Waals surface area contributed by atoms with Crippen molar-refractivity contribution < 1.29 is 19.7 Å². The Bertz CT molecular complexity index is 412. The van der Waals surface area contributed by atoms with Gasteiger partial charge >= 0.3 is 0 Å². The van der Waals surface area contributed by atoms with E-state index in [1.807, 2.05) is 0 Å². The first-order valence-electron chi connectivity index (χ1n) is 5.92. The summed E-state index contributed by atoms with van der Waals surface area (Å²) in [6.07, 6.45) is 0.718. The molecule has 100 valence electrons. The van der Waals surface area contributed by atoms with Crippen LogP contribution in [-0.4, -0.2) is 64.1 Å². The summed E-state index contributed by atoms with van der Waals surface area (Å²) in [5.41, 5.74) is 2.04. The highest BCUT2D eigenvalue weighted by molar-refractivity contribution is 5.94. The fourth-order valence-corrected chi connectivity index (χ4v) is 1.99. The number of amides is 1. The molecule has 0 radical (unpaired) electrons. The van der Waals surface area contributed by atoms with Crippen molar-refractivity contribution in [1.29, 1.82) is 0 Å². The summed E-state index contributed by atoms with van der Waals surface area (Å²) in [6, 6.07) is 0. The molecule has 7 heteroatoms. The fraction of sp³-hybridized carbons (Fsp3) is 0.636. The van der Waals surface area contributed by atoms with E-state index in [1.165, 1.54) is 4.90 Å². The lowest BCUT2D eigenvalue weighted by atomic mass is 10.1. The molecule has 0 saturated carbocycles. The second-order valence-electron chi connectivity index (χ2n) is 4.07. The summed E-state index contributed by atoms with van der Waals surface area (Å²) in [7, 11) is 0. The van der Waals surface area contributed by atoms with E-state index in [0.29, 0.717) is 18.9 Å². The van der Waals surface area contributed by atoms with E-state index in [1.54, 1.807) is 0 Å². The second-order valence-corrected chi connectivity index (χ2v) is 4.07. The van der Waals surface area contributed by atoms with Gasteiger partial charge in [-0.3, -0.25) is 9.89 Å². The van der Waals surface area contributed by atoms with Gasteiger partial charge in [0.25, 0.3) is 5.91 Å². The number of carbonyl (C=O) groups excluding carboxylic acids is 1. The van der Waals surface area contributed by atoms with Crippen LogP contribution in [0.1, 0.15) is 21.7 Å². The number of hydrogen-bond donors (Lipinski definition) is 3. The van der Waals surface area contributed by atoms with Gasteiger partial charge in [0.2, 0.25) is 0 Å². The molecule has 18 heavy (non-hydrogen) atoms. The second kappa shape index (κ2) is 5.94. The third-order valence-corrected chi connectivity index (χ3v) is 2.93. The molecule has 3 N–H and O–H groups in total. The number of carbonyl (C=O) groups is 1. The molecule has 1 amide bonds. The Hall–Kier alpha value is -1.44. The van der Waals surface area contributed by atoms with Crippen LogP contribution in [0.25, 0.3) is 0 Å². The van der Waals surface area contributed by atoms with Crippen molar-refractivity contribution in [1.82, 2.24) is 15.1 Å². The minimum Gasteiger partial charge on any atom is -0.395 e. The molecule has 7 nitrogen and oxygen atoms in total. The van der Waals surface area contributed by atoms with Gasteiger partial charge < -0.3 is 19.8 Å². The Morgan fingerprint density at radius 3 is 2.78 bits per heavy atom. The van der Waals surface area contributed by atoms with Crippen LogP contribution in [0.3, 0.4) is 0 Å². The van der Waals surface area contributed by atoms with E-state index < -0.39 is 0 Å². The van der Waals surface area contributed by atoms with Crippen molar-refractivity contribution >= 4 is 5.91 Å². The van der Waals surface area contributed by atoms with Crippen molar-refractivity contribution in [3.05, 3.63) is 17.0 Å². The zero-order valence-electron chi connectivity index (χ0n) is 10.1. The topological polar surface area (TPSA) is 98.7 Å². The minimum atomic E-state index is -0.291. The number of aromatic nitrogens is 2. The highest BCUT2D eigenvalue weighted by atomic mass is 16.5. The zero-order chi connectivity index (χ0) is 13.0. The minimum absolute atomic E-state index is 0.144. The van der Waals surface area contributed by atoms with Crippen molar-refractivity contribution in [2.45, 2.75) is 13.0 Å². The SMILES string of the molecule is O=C(c1n[nH]c2c1COCC2)N(CCO)CCO. The van der Waals surface area contributed by atoms with E-state index in [9.17, 15) is 4.79 Å². The van der Waals surface area contributed by atoms with Crippen LogP contribution in [-0.2, 0) is 17.8 Å². The summed E-state index contributed by atoms with van der Waals surface area (Å²) in [5.74, 6) is -0.291. The molecule has 0 aliphatic carbocycles. The van der Waals surface area contributed by atoms with E-state index in [0.717, 1.165) is 17.7 Å². The lowest BCUT2D eigenvalue weighted by Gasteiger charge is -2.20. The molecule has 0 spiro atoms. The summed E-state index contributed by atoms with van der Waals surface area (Å²) in [4.78, 5) is 13.6. The Morgan fingerprint density at radius 2 is 2.11 bits per heavy atom. The number of hydrogen-bond acceptors (Lipinski definition) is 5. The Balaban J connectivity index is 2.18. The van der Waals surface area contributed by atoms with E-state index in [4.69, 9.17) is 14.9 Å². The Morgan fingerprint density at radius 1 is 1.39 bits per heavy atom. The number of aromatic amines is 1. The molecule has 0 unspecified atom stereocenters. The Labute approximate surface area is 104 Å². The van der Waals surface area contributed by atoms with Crippen LogP contribution >= 0.6 is 0 Å². The van der Waals surface area contributed by atoms with Crippen LogP contribution in [0.2, 0.25) is 0 Å². The van der Waals surface area contributed by atoms with E-state index in [-0.39, 0.29) is 32.2 Å². The summed E-state index contributed by atoms with van der Waals surface area (Å²) in [6.45, 7) is 1.08. The van der Waals surface area contributed by atoms with Gasteiger partial charge in [-0.15, -0.1) is 0 Å². The first-order chi connectivity index (χ1) is 8.77. The maximum Gasteiger partial charge on any atom is 0.274 e. The molecule has 0 saturated heterocycles. The average molecular weight is 255 g/mol. The predicted octanol–water partition coefficient (Wildman–Crippen LogP) is -1.09.